The number of halogens is 1. The Kier molecular flexibility index (Phi) is 5.06. The molecule has 0 atom stereocenters. The molecule has 0 spiro atoms. The van der Waals surface area contributed by atoms with Crippen LogP contribution in [0, 0.1) is 0 Å². The molecule has 1 heterocycles. The maximum Gasteiger partial charge on any atom is 0.134 e. The average molecular weight is 296 g/mol. The highest BCUT2D eigenvalue weighted by Crippen LogP contribution is 2.38. The summed E-state index contributed by atoms with van der Waals surface area (Å²) >= 11 is 0. The summed E-state index contributed by atoms with van der Waals surface area (Å²) in [4.78, 5) is 2.36. The van der Waals surface area contributed by atoms with Gasteiger partial charge in [0.15, 0.2) is 0 Å². The van der Waals surface area contributed by atoms with E-state index in [0.29, 0.717) is 11.3 Å². The summed E-state index contributed by atoms with van der Waals surface area (Å²) in [5, 5.41) is 3.33. The van der Waals surface area contributed by atoms with E-state index in [-0.39, 0.29) is 0 Å². The van der Waals surface area contributed by atoms with E-state index < -0.39 is 5.67 Å². The van der Waals surface area contributed by atoms with Crippen LogP contribution in [0.4, 0.5) is 4.39 Å². The van der Waals surface area contributed by atoms with Gasteiger partial charge in [-0.15, -0.1) is 0 Å². The van der Waals surface area contributed by atoms with Gasteiger partial charge in [-0.3, -0.25) is 4.90 Å². The van der Waals surface area contributed by atoms with Gasteiger partial charge in [-0.2, -0.15) is 0 Å². The summed E-state index contributed by atoms with van der Waals surface area (Å²) in [5.74, 6) is 1.29. The average Bonchev–Trinajstić information content (AvgIpc) is 2.46. The number of alkyl halides is 1. The van der Waals surface area contributed by atoms with Gasteiger partial charge in [-0.25, -0.2) is 4.39 Å². The summed E-state index contributed by atoms with van der Waals surface area (Å²) in [6, 6.07) is 3.66. The van der Waals surface area contributed by atoms with Crippen molar-refractivity contribution >= 4 is 0 Å². The molecule has 1 fully saturated rings. The molecule has 118 valence electrons. The lowest BCUT2D eigenvalue weighted by atomic mass is 9.96. The van der Waals surface area contributed by atoms with Gasteiger partial charge in [-0.1, -0.05) is 0 Å². The van der Waals surface area contributed by atoms with Crippen LogP contribution in [0.15, 0.2) is 12.1 Å². The normalized spacial score (nSPS) is 16.8. The zero-order valence-electron chi connectivity index (χ0n) is 13.3. The van der Waals surface area contributed by atoms with E-state index in [0.717, 1.165) is 44.0 Å². The van der Waals surface area contributed by atoms with Crippen molar-refractivity contribution in [1.82, 2.24) is 10.2 Å². The number of nitrogens with zero attached hydrogens (tertiary/aromatic N) is 1. The van der Waals surface area contributed by atoms with Gasteiger partial charge in [0, 0.05) is 43.9 Å². The van der Waals surface area contributed by atoms with Gasteiger partial charge in [0.2, 0.25) is 0 Å². The SMILES string of the molecule is COc1cc(C(C)(C)F)c(OC)cc1CN1CCNCC1. The molecule has 4 nitrogen and oxygen atoms in total. The minimum absolute atomic E-state index is 0.519. The van der Waals surface area contributed by atoms with Crippen molar-refractivity contribution < 1.29 is 13.9 Å². The number of hydrogen-bond donors (Lipinski definition) is 1. The molecule has 0 aromatic heterocycles. The molecular formula is C16H25FN2O2. The van der Waals surface area contributed by atoms with E-state index >= 15 is 0 Å². The summed E-state index contributed by atoms with van der Waals surface area (Å²) in [6.45, 7) is 7.84. The van der Waals surface area contributed by atoms with E-state index in [2.05, 4.69) is 10.2 Å². The standard InChI is InChI=1S/C16H25FN2O2/c1-16(2,17)13-10-14(20-3)12(9-15(13)21-4)11-19-7-5-18-6-8-19/h9-10,18H,5-8,11H2,1-4H3. The van der Waals surface area contributed by atoms with Crippen LogP contribution in [0.2, 0.25) is 0 Å². The van der Waals surface area contributed by atoms with E-state index in [9.17, 15) is 4.39 Å². The lowest BCUT2D eigenvalue weighted by Crippen LogP contribution is -2.42. The molecule has 1 saturated heterocycles. The van der Waals surface area contributed by atoms with Crippen LogP contribution in [0.3, 0.4) is 0 Å². The number of benzene rings is 1. The Morgan fingerprint density at radius 1 is 1.14 bits per heavy atom. The Balaban J connectivity index is 2.31. The first-order valence-corrected chi connectivity index (χ1v) is 7.33. The molecule has 1 aliphatic heterocycles. The first kappa shape index (κ1) is 16.0. The largest absolute Gasteiger partial charge is 0.496 e. The van der Waals surface area contributed by atoms with E-state index in [1.165, 1.54) is 13.8 Å². The van der Waals surface area contributed by atoms with Gasteiger partial charge < -0.3 is 14.8 Å². The van der Waals surface area contributed by atoms with Gasteiger partial charge in [0.25, 0.3) is 0 Å². The van der Waals surface area contributed by atoms with Crippen LogP contribution in [0.5, 0.6) is 11.5 Å². The predicted molar refractivity (Wildman–Crippen MR) is 81.8 cm³/mol. The molecule has 0 bridgehead atoms. The van der Waals surface area contributed by atoms with E-state index in [1.807, 2.05) is 6.07 Å². The highest BCUT2D eigenvalue weighted by atomic mass is 19.1. The van der Waals surface area contributed by atoms with Crippen LogP contribution in [0.25, 0.3) is 0 Å². The molecule has 1 aromatic carbocycles. The first-order valence-electron chi connectivity index (χ1n) is 7.33. The summed E-state index contributed by atoms with van der Waals surface area (Å²) in [5.41, 5.74) is 0.0850. The maximum atomic E-state index is 14.3. The molecule has 5 heteroatoms. The van der Waals surface area contributed by atoms with Crippen LogP contribution in [-0.2, 0) is 12.2 Å². The Hall–Kier alpha value is -1.33. The first-order chi connectivity index (χ1) is 9.95. The molecule has 0 aliphatic carbocycles. The molecule has 21 heavy (non-hydrogen) atoms. The molecule has 0 radical (unpaired) electrons. The van der Waals surface area contributed by atoms with Crippen LogP contribution >= 0.6 is 0 Å². The van der Waals surface area contributed by atoms with Gasteiger partial charge in [0.1, 0.15) is 17.2 Å². The monoisotopic (exact) mass is 296 g/mol. The zero-order chi connectivity index (χ0) is 15.5. The van der Waals surface area contributed by atoms with Crippen molar-refractivity contribution in [3.63, 3.8) is 0 Å². The Morgan fingerprint density at radius 2 is 1.76 bits per heavy atom. The van der Waals surface area contributed by atoms with Crippen LogP contribution < -0.4 is 14.8 Å². The molecule has 0 unspecified atom stereocenters. The second-order valence-electron chi connectivity index (χ2n) is 5.86. The zero-order valence-corrected chi connectivity index (χ0v) is 13.3. The Bertz CT molecular complexity index is 480. The van der Waals surface area contributed by atoms with Crippen molar-refractivity contribution in [3.8, 4) is 11.5 Å². The van der Waals surface area contributed by atoms with Crippen molar-refractivity contribution in [3.05, 3.63) is 23.3 Å². The molecule has 0 amide bonds. The topological polar surface area (TPSA) is 33.7 Å². The highest BCUT2D eigenvalue weighted by Gasteiger charge is 2.26. The quantitative estimate of drug-likeness (QED) is 0.904. The highest BCUT2D eigenvalue weighted by molar-refractivity contribution is 5.48. The van der Waals surface area contributed by atoms with Gasteiger partial charge >= 0.3 is 0 Å². The minimum atomic E-state index is -1.47. The molecule has 1 aromatic rings. The number of ether oxygens (including phenoxy) is 2. The van der Waals surface area contributed by atoms with Crippen molar-refractivity contribution in [2.24, 2.45) is 0 Å². The fourth-order valence-corrected chi connectivity index (χ4v) is 2.66. The van der Waals surface area contributed by atoms with E-state index in [4.69, 9.17) is 9.47 Å². The second kappa shape index (κ2) is 6.62. The summed E-state index contributed by atoms with van der Waals surface area (Å²) in [6.07, 6.45) is 0. The van der Waals surface area contributed by atoms with Gasteiger partial charge in [0.05, 0.1) is 14.2 Å². The molecular weight excluding hydrogens is 271 g/mol. The molecule has 0 saturated carbocycles. The number of methoxy groups -OCH3 is 2. The van der Waals surface area contributed by atoms with Crippen LogP contribution in [0.1, 0.15) is 25.0 Å². The summed E-state index contributed by atoms with van der Waals surface area (Å²) < 4.78 is 25.2. The second-order valence-corrected chi connectivity index (χ2v) is 5.86. The Morgan fingerprint density at radius 3 is 2.29 bits per heavy atom. The number of rotatable bonds is 5. The lowest BCUT2D eigenvalue weighted by Gasteiger charge is -2.28. The Labute approximate surface area is 126 Å². The van der Waals surface area contributed by atoms with Crippen molar-refractivity contribution in [2.45, 2.75) is 26.1 Å². The number of nitrogens with one attached hydrogen (secondary N) is 1. The molecule has 2 rings (SSSR count). The van der Waals surface area contributed by atoms with E-state index in [1.54, 1.807) is 20.3 Å². The van der Waals surface area contributed by atoms with Crippen LogP contribution in [-0.4, -0.2) is 45.3 Å². The molecule has 1 N–H and O–H groups in total. The summed E-state index contributed by atoms with van der Waals surface area (Å²) in [7, 11) is 3.20. The van der Waals surface area contributed by atoms with Crippen molar-refractivity contribution in [1.29, 1.82) is 0 Å². The predicted octanol–water partition coefficient (Wildman–Crippen LogP) is 2.31. The third kappa shape index (κ3) is 3.86. The maximum absolute atomic E-state index is 14.3. The fourth-order valence-electron chi connectivity index (χ4n) is 2.66. The smallest absolute Gasteiger partial charge is 0.134 e. The minimum Gasteiger partial charge on any atom is -0.496 e. The van der Waals surface area contributed by atoms with Crippen molar-refractivity contribution in [2.75, 3.05) is 40.4 Å². The number of piperazine rings is 1. The third-order valence-electron chi connectivity index (χ3n) is 3.85. The van der Waals surface area contributed by atoms with Gasteiger partial charge in [-0.05, 0) is 26.0 Å². The lowest BCUT2D eigenvalue weighted by molar-refractivity contribution is 0.211. The third-order valence-corrected chi connectivity index (χ3v) is 3.85. The number of hydrogen-bond acceptors (Lipinski definition) is 4. The molecule has 1 aliphatic rings. The fraction of sp³-hybridized carbons (Fsp3) is 0.625.